The molecular formula is C13H15ClN2O3. The number of para-hydroxylation sites is 1. The number of carbonyl (C=O) groups excluding carboxylic acids is 2. The van der Waals surface area contributed by atoms with Gasteiger partial charge in [0.25, 0.3) is 5.91 Å². The Hall–Kier alpha value is -1.59. The molecule has 102 valence electrons. The van der Waals surface area contributed by atoms with Crippen molar-refractivity contribution < 1.29 is 14.3 Å². The van der Waals surface area contributed by atoms with E-state index in [0.29, 0.717) is 30.2 Å². The van der Waals surface area contributed by atoms with E-state index in [0.717, 1.165) is 4.90 Å². The molecule has 0 radical (unpaired) electrons. The second-order valence-electron chi connectivity index (χ2n) is 4.26. The number of nitrogens with zero attached hydrogens (tertiary/aromatic N) is 1. The van der Waals surface area contributed by atoms with Gasteiger partial charge in [0.2, 0.25) is 0 Å². The molecule has 1 N–H and O–H groups in total. The summed E-state index contributed by atoms with van der Waals surface area (Å²) in [4.78, 5) is 25.2. The fourth-order valence-corrected chi connectivity index (χ4v) is 2.24. The molecule has 1 saturated heterocycles. The Bertz CT molecular complexity index is 493. The van der Waals surface area contributed by atoms with Crippen molar-refractivity contribution in [3.63, 3.8) is 0 Å². The normalized spacial score (nSPS) is 18.8. The third-order valence-corrected chi connectivity index (χ3v) is 3.27. The molecule has 1 aromatic carbocycles. The predicted octanol–water partition coefficient (Wildman–Crippen LogP) is 2.19. The molecule has 2 rings (SSSR count). The van der Waals surface area contributed by atoms with Crippen LogP contribution in [-0.2, 0) is 9.53 Å². The van der Waals surface area contributed by atoms with E-state index in [2.05, 4.69) is 5.32 Å². The highest BCUT2D eigenvalue weighted by molar-refractivity contribution is 6.35. The minimum Gasteiger partial charge on any atom is -0.385 e. The summed E-state index contributed by atoms with van der Waals surface area (Å²) in [6.07, 6.45) is 1.27. The van der Waals surface area contributed by atoms with Gasteiger partial charge in [-0.1, -0.05) is 23.7 Å². The van der Waals surface area contributed by atoms with E-state index >= 15 is 0 Å². The van der Waals surface area contributed by atoms with Crippen molar-refractivity contribution in [2.45, 2.75) is 18.9 Å². The third kappa shape index (κ3) is 2.88. The van der Waals surface area contributed by atoms with Gasteiger partial charge in [-0.3, -0.25) is 4.79 Å². The summed E-state index contributed by atoms with van der Waals surface area (Å²) >= 11 is 6.02. The molecule has 0 aromatic heterocycles. The van der Waals surface area contributed by atoms with Crippen LogP contribution >= 0.6 is 11.6 Å². The van der Waals surface area contributed by atoms with Gasteiger partial charge >= 0.3 is 6.03 Å². The van der Waals surface area contributed by atoms with Crippen LogP contribution in [-0.4, -0.2) is 31.7 Å². The zero-order chi connectivity index (χ0) is 13.8. The molecule has 1 aliphatic heterocycles. The molecule has 1 heterocycles. The Kier molecular flexibility index (Phi) is 4.39. The van der Waals surface area contributed by atoms with Gasteiger partial charge in [0, 0.05) is 13.7 Å². The monoisotopic (exact) mass is 282 g/mol. The highest BCUT2D eigenvalue weighted by Gasteiger charge is 2.39. The number of urea groups is 1. The lowest BCUT2D eigenvalue weighted by molar-refractivity contribution is -0.118. The van der Waals surface area contributed by atoms with Gasteiger partial charge < -0.3 is 10.1 Å². The van der Waals surface area contributed by atoms with E-state index in [-0.39, 0.29) is 5.91 Å². The van der Waals surface area contributed by atoms with Gasteiger partial charge in [0.1, 0.15) is 6.04 Å². The highest BCUT2D eigenvalue weighted by Crippen LogP contribution is 2.28. The molecule has 6 heteroatoms. The average molecular weight is 283 g/mol. The van der Waals surface area contributed by atoms with Gasteiger partial charge in [-0.2, -0.15) is 0 Å². The number of halogens is 1. The van der Waals surface area contributed by atoms with E-state index in [1.165, 1.54) is 0 Å². The molecule has 3 amide bonds. The highest BCUT2D eigenvalue weighted by atomic mass is 35.5. The molecule has 1 aromatic rings. The maximum Gasteiger partial charge on any atom is 0.329 e. The average Bonchev–Trinajstić information content (AvgIpc) is 2.66. The Morgan fingerprint density at radius 1 is 1.37 bits per heavy atom. The van der Waals surface area contributed by atoms with Gasteiger partial charge in [-0.05, 0) is 25.0 Å². The van der Waals surface area contributed by atoms with Crippen molar-refractivity contribution in [3.8, 4) is 0 Å². The fourth-order valence-electron chi connectivity index (χ4n) is 2.02. The quantitative estimate of drug-likeness (QED) is 0.665. The second kappa shape index (κ2) is 6.04. The summed E-state index contributed by atoms with van der Waals surface area (Å²) in [5, 5.41) is 3.04. The zero-order valence-electron chi connectivity index (χ0n) is 10.6. The number of nitrogens with one attached hydrogen (secondary N) is 1. The predicted molar refractivity (Wildman–Crippen MR) is 72.4 cm³/mol. The summed E-state index contributed by atoms with van der Waals surface area (Å²) in [6.45, 7) is 0.561. The lowest BCUT2D eigenvalue weighted by atomic mass is 10.1. The number of ether oxygens (including phenoxy) is 1. The van der Waals surface area contributed by atoms with Crippen LogP contribution in [0.1, 0.15) is 12.8 Å². The Balaban J connectivity index is 2.13. The van der Waals surface area contributed by atoms with Crippen LogP contribution in [0, 0.1) is 0 Å². The third-order valence-electron chi connectivity index (χ3n) is 2.95. The number of benzene rings is 1. The first-order valence-corrected chi connectivity index (χ1v) is 6.41. The van der Waals surface area contributed by atoms with Crippen LogP contribution < -0.4 is 10.2 Å². The molecule has 1 fully saturated rings. The van der Waals surface area contributed by atoms with E-state index in [1.807, 2.05) is 0 Å². The molecule has 0 saturated carbocycles. The first-order valence-electron chi connectivity index (χ1n) is 6.03. The van der Waals surface area contributed by atoms with Crippen LogP contribution in [0.3, 0.4) is 0 Å². The molecule has 1 atom stereocenters. The maximum absolute atomic E-state index is 12.2. The second-order valence-corrected chi connectivity index (χ2v) is 4.67. The molecule has 0 spiro atoms. The van der Waals surface area contributed by atoms with E-state index in [9.17, 15) is 9.59 Å². The largest absolute Gasteiger partial charge is 0.385 e. The molecule has 5 nitrogen and oxygen atoms in total. The van der Waals surface area contributed by atoms with Crippen LogP contribution in [0.2, 0.25) is 5.02 Å². The Morgan fingerprint density at radius 3 is 2.79 bits per heavy atom. The van der Waals surface area contributed by atoms with E-state index < -0.39 is 12.1 Å². The van der Waals surface area contributed by atoms with Gasteiger partial charge in [0.15, 0.2) is 0 Å². The smallest absolute Gasteiger partial charge is 0.329 e. The SMILES string of the molecule is COCCCC1NC(=O)N(c2ccccc2Cl)C1=O. The minimum absolute atomic E-state index is 0.269. The number of rotatable bonds is 5. The standard InChI is InChI=1S/C13H15ClN2O3/c1-19-8-4-6-10-12(17)16(13(18)15-10)11-7-3-2-5-9(11)14/h2-3,5,7,10H,4,6,8H2,1H3,(H,15,18). The Morgan fingerprint density at radius 2 is 2.11 bits per heavy atom. The zero-order valence-corrected chi connectivity index (χ0v) is 11.3. The summed E-state index contributed by atoms with van der Waals surface area (Å²) in [6, 6.07) is 5.85. The molecule has 0 bridgehead atoms. The fraction of sp³-hybridized carbons (Fsp3) is 0.385. The van der Waals surface area contributed by atoms with Crippen molar-refractivity contribution in [2.75, 3.05) is 18.6 Å². The lowest BCUT2D eigenvalue weighted by Crippen LogP contribution is -2.31. The van der Waals surface area contributed by atoms with Crippen molar-refractivity contribution in [1.82, 2.24) is 5.32 Å². The summed E-state index contributed by atoms with van der Waals surface area (Å²) in [5.74, 6) is -0.269. The number of imide groups is 1. The van der Waals surface area contributed by atoms with Crippen LogP contribution in [0.5, 0.6) is 0 Å². The maximum atomic E-state index is 12.2. The van der Waals surface area contributed by atoms with Gasteiger partial charge in [-0.25, -0.2) is 9.69 Å². The van der Waals surface area contributed by atoms with Crippen LogP contribution in [0.25, 0.3) is 0 Å². The number of amides is 3. The molecule has 0 aliphatic carbocycles. The van der Waals surface area contributed by atoms with Crippen molar-refractivity contribution in [2.24, 2.45) is 0 Å². The summed E-state index contributed by atoms with van der Waals surface area (Å²) in [7, 11) is 1.60. The van der Waals surface area contributed by atoms with E-state index in [1.54, 1.807) is 31.4 Å². The molecule has 1 aliphatic rings. The van der Waals surface area contributed by atoms with Crippen LogP contribution in [0.4, 0.5) is 10.5 Å². The first-order chi connectivity index (χ1) is 9.15. The molecular weight excluding hydrogens is 268 g/mol. The van der Waals surface area contributed by atoms with Crippen LogP contribution in [0.15, 0.2) is 24.3 Å². The van der Waals surface area contributed by atoms with E-state index in [4.69, 9.17) is 16.3 Å². The number of hydrogen-bond acceptors (Lipinski definition) is 3. The lowest BCUT2D eigenvalue weighted by Gasteiger charge is -2.14. The van der Waals surface area contributed by atoms with Gasteiger partial charge in [-0.15, -0.1) is 0 Å². The molecule has 19 heavy (non-hydrogen) atoms. The number of hydrogen-bond donors (Lipinski definition) is 1. The number of methoxy groups -OCH3 is 1. The minimum atomic E-state index is -0.501. The topological polar surface area (TPSA) is 58.6 Å². The van der Waals surface area contributed by atoms with Crippen molar-refractivity contribution in [1.29, 1.82) is 0 Å². The van der Waals surface area contributed by atoms with Crippen molar-refractivity contribution >= 4 is 29.2 Å². The number of anilines is 1. The van der Waals surface area contributed by atoms with Crippen molar-refractivity contribution in [3.05, 3.63) is 29.3 Å². The first kappa shape index (κ1) is 13.8. The number of carbonyl (C=O) groups is 2. The summed E-state index contributed by atoms with van der Waals surface area (Å²) < 4.78 is 4.94. The molecule has 1 unspecified atom stereocenters. The Labute approximate surface area is 116 Å². The summed E-state index contributed by atoms with van der Waals surface area (Å²) in [5.41, 5.74) is 0.418. The van der Waals surface area contributed by atoms with Gasteiger partial charge in [0.05, 0.1) is 10.7 Å².